The molecular formula is C16H26N2O2S. The Morgan fingerprint density at radius 3 is 2.57 bits per heavy atom. The highest BCUT2D eigenvalue weighted by Gasteiger charge is 2.41. The van der Waals surface area contributed by atoms with Gasteiger partial charge >= 0.3 is 0 Å². The molecule has 0 saturated carbocycles. The van der Waals surface area contributed by atoms with Gasteiger partial charge in [0, 0.05) is 16.3 Å². The maximum absolute atomic E-state index is 12.6. The topological polar surface area (TPSA) is 41.6 Å². The Kier molecular flexibility index (Phi) is 5.41. The number of nitrogens with zero attached hydrogens (tertiary/aromatic N) is 1. The molecule has 2 heterocycles. The van der Waals surface area contributed by atoms with E-state index in [1.165, 1.54) is 9.75 Å². The molecule has 1 aromatic heterocycles. The molecule has 118 valence electrons. The standard InChI is InChI=1S/C16H26N2O2S/c1-10(2)14-16(19)18(8-9-20-11(3)4)15(17-14)13-7-6-12(5)21-13/h6-7,10-11,14-15,17H,8-9H2,1-5H3. The Hall–Kier alpha value is -0.910. The number of thiophene rings is 1. The Balaban J connectivity index is 2.13. The molecule has 0 spiro atoms. The number of hydrogen-bond acceptors (Lipinski definition) is 4. The lowest BCUT2D eigenvalue weighted by molar-refractivity contribution is -0.131. The van der Waals surface area contributed by atoms with Crippen molar-refractivity contribution in [2.24, 2.45) is 5.92 Å². The maximum atomic E-state index is 12.6. The molecule has 1 amide bonds. The van der Waals surface area contributed by atoms with E-state index in [9.17, 15) is 4.79 Å². The van der Waals surface area contributed by atoms with Crippen LogP contribution in [0.4, 0.5) is 0 Å². The number of aryl methyl sites for hydroxylation is 1. The van der Waals surface area contributed by atoms with Crippen LogP contribution in [0.15, 0.2) is 12.1 Å². The summed E-state index contributed by atoms with van der Waals surface area (Å²) in [6.07, 6.45) is 0.179. The smallest absolute Gasteiger partial charge is 0.241 e. The van der Waals surface area contributed by atoms with E-state index in [1.54, 1.807) is 11.3 Å². The van der Waals surface area contributed by atoms with Gasteiger partial charge < -0.3 is 9.64 Å². The van der Waals surface area contributed by atoms with Crippen molar-refractivity contribution in [1.29, 1.82) is 0 Å². The molecule has 5 heteroatoms. The fraction of sp³-hybridized carbons (Fsp3) is 0.688. The van der Waals surface area contributed by atoms with Crippen LogP contribution in [-0.4, -0.2) is 36.1 Å². The van der Waals surface area contributed by atoms with E-state index in [1.807, 2.05) is 18.7 Å². The van der Waals surface area contributed by atoms with Crippen LogP contribution in [0.25, 0.3) is 0 Å². The number of ether oxygens (including phenoxy) is 1. The van der Waals surface area contributed by atoms with Gasteiger partial charge in [-0.15, -0.1) is 11.3 Å². The van der Waals surface area contributed by atoms with Gasteiger partial charge in [0.1, 0.15) is 6.17 Å². The molecule has 2 atom stereocenters. The third-order valence-electron chi connectivity index (χ3n) is 3.68. The first kappa shape index (κ1) is 16.5. The summed E-state index contributed by atoms with van der Waals surface area (Å²) in [6.45, 7) is 11.5. The summed E-state index contributed by atoms with van der Waals surface area (Å²) < 4.78 is 5.62. The molecule has 0 bridgehead atoms. The summed E-state index contributed by atoms with van der Waals surface area (Å²) >= 11 is 1.75. The zero-order chi connectivity index (χ0) is 15.6. The fourth-order valence-corrected chi connectivity index (χ4v) is 3.53. The minimum absolute atomic E-state index is 0.0145. The third kappa shape index (κ3) is 3.84. The predicted octanol–water partition coefficient (Wildman–Crippen LogP) is 2.94. The van der Waals surface area contributed by atoms with E-state index in [-0.39, 0.29) is 30.1 Å². The first-order valence-electron chi connectivity index (χ1n) is 7.64. The van der Waals surface area contributed by atoms with Crippen LogP contribution in [0.3, 0.4) is 0 Å². The van der Waals surface area contributed by atoms with Crippen LogP contribution < -0.4 is 5.32 Å². The zero-order valence-electron chi connectivity index (χ0n) is 13.6. The largest absolute Gasteiger partial charge is 0.377 e. The molecule has 2 rings (SSSR count). The number of carbonyl (C=O) groups is 1. The summed E-state index contributed by atoms with van der Waals surface area (Å²) in [5, 5.41) is 3.49. The van der Waals surface area contributed by atoms with Crippen LogP contribution in [0.1, 0.15) is 43.6 Å². The number of hydrogen-bond donors (Lipinski definition) is 1. The summed E-state index contributed by atoms with van der Waals surface area (Å²) in [6, 6.07) is 4.12. The van der Waals surface area contributed by atoms with Gasteiger partial charge in [0.2, 0.25) is 5.91 Å². The van der Waals surface area contributed by atoms with E-state index < -0.39 is 0 Å². The first-order valence-corrected chi connectivity index (χ1v) is 8.46. The van der Waals surface area contributed by atoms with Crippen LogP contribution in [0, 0.1) is 12.8 Å². The van der Waals surface area contributed by atoms with Crippen molar-refractivity contribution in [2.45, 2.75) is 52.9 Å². The molecule has 2 unspecified atom stereocenters. The first-order chi connectivity index (χ1) is 9.90. The number of nitrogens with one attached hydrogen (secondary N) is 1. The lowest BCUT2D eigenvalue weighted by Crippen LogP contribution is -2.36. The summed E-state index contributed by atoms with van der Waals surface area (Å²) in [5.74, 6) is 0.477. The SMILES string of the molecule is Cc1ccc(C2NC(C(C)C)C(=O)N2CCOC(C)C)s1. The molecule has 0 aliphatic carbocycles. The van der Waals surface area contributed by atoms with Crippen LogP contribution in [-0.2, 0) is 9.53 Å². The second kappa shape index (κ2) is 6.90. The highest BCUT2D eigenvalue weighted by Crippen LogP contribution is 2.31. The maximum Gasteiger partial charge on any atom is 0.241 e. The molecule has 1 aromatic rings. The number of carbonyl (C=O) groups excluding carboxylic acids is 1. The molecular weight excluding hydrogens is 284 g/mol. The van der Waals surface area contributed by atoms with Crippen LogP contribution >= 0.6 is 11.3 Å². The van der Waals surface area contributed by atoms with Crippen LogP contribution in [0.2, 0.25) is 0 Å². The molecule has 0 radical (unpaired) electrons. The molecule has 0 aromatic carbocycles. The molecule has 1 saturated heterocycles. The van der Waals surface area contributed by atoms with E-state index in [0.717, 1.165) is 0 Å². The van der Waals surface area contributed by atoms with Gasteiger partial charge in [-0.25, -0.2) is 0 Å². The van der Waals surface area contributed by atoms with Crippen molar-refractivity contribution in [2.75, 3.05) is 13.2 Å². The Morgan fingerprint density at radius 2 is 2.05 bits per heavy atom. The molecule has 4 nitrogen and oxygen atoms in total. The number of amides is 1. The van der Waals surface area contributed by atoms with E-state index in [0.29, 0.717) is 13.2 Å². The van der Waals surface area contributed by atoms with Gasteiger partial charge in [0.05, 0.1) is 18.8 Å². The lowest BCUT2D eigenvalue weighted by Gasteiger charge is -2.23. The van der Waals surface area contributed by atoms with Gasteiger partial charge in [-0.1, -0.05) is 13.8 Å². The Labute approximate surface area is 131 Å². The third-order valence-corrected chi connectivity index (χ3v) is 4.73. The van der Waals surface area contributed by atoms with E-state index in [2.05, 4.69) is 38.2 Å². The minimum Gasteiger partial charge on any atom is -0.377 e. The molecule has 1 aliphatic heterocycles. The average molecular weight is 310 g/mol. The second-order valence-corrected chi connectivity index (χ2v) is 7.51. The van der Waals surface area contributed by atoms with Crippen molar-refractivity contribution in [3.63, 3.8) is 0 Å². The van der Waals surface area contributed by atoms with Crippen molar-refractivity contribution in [3.05, 3.63) is 21.9 Å². The quantitative estimate of drug-likeness (QED) is 0.878. The fourth-order valence-electron chi connectivity index (χ4n) is 2.58. The Morgan fingerprint density at radius 1 is 1.33 bits per heavy atom. The van der Waals surface area contributed by atoms with Crippen molar-refractivity contribution >= 4 is 17.2 Å². The van der Waals surface area contributed by atoms with Gasteiger partial charge in [0.25, 0.3) is 0 Å². The molecule has 1 aliphatic rings. The predicted molar refractivity (Wildman–Crippen MR) is 86.4 cm³/mol. The number of rotatable bonds is 6. The molecule has 21 heavy (non-hydrogen) atoms. The molecule has 1 N–H and O–H groups in total. The summed E-state index contributed by atoms with van der Waals surface area (Å²) in [5.41, 5.74) is 0. The normalized spacial score (nSPS) is 22.8. The average Bonchev–Trinajstić information content (AvgIpc) is 2.94. The van der Waals surface area contributed by atoms with Gasteiger partial charge in [-0.3, -0.25) is 10.1 Å². The monoisotopic (exact) mass is 310 g/mol. The lowest BCUT2D eigenvalue weighted by atomic mass is 10.1. The van der Waals surface area contributed by atoms with E-state index in [4.69, 9.17) is 4.74 Å². The minimum atomic E-state index is -0.101. The summed E-state index contributed by atoms with van der Waals surface area (Å²) in [7, 11) is 0. The van der Waals surface area contributed by atoms with Crippen molar-refractivity contribution < 1.29 is 9.53 Å². The van der Waals surface area contributed by atoms with Gasteiger partial charge in [-0.05, 0) is 38.8 Å². The Bertz CT molecular complexity index is 484. The summed E-state index contributed by atoms with van der Waals surface area (Å²) in [4.78, 5) is 17.0. The highest BCUT2D eigenvalue weighted by molar-refractivity contribution is 7.12. The second-order valence-electron chi connectivity index (χ2n) is 6.19. The van der Waals surface area contributed by atoms with Gasteiger partial charge in [0.15, 0.2) is 0 Å². The molecule has 1 fully saturated rings. The van der Waals surface area contributed by atoms with E-state index >= 15 is 0 Å². The zero-order valence-corrected chi connectivity index (χ0v) is 14.4. The van der Waals surface area contributed by atoms with Crippen molar-refractivity contribution in [1.82, 2.24) is 10.2 Å². The van der Waals surface area contributed by atoms with Gasteiger partial charge in [-0.2, -0.15) is 0 Å². The highest BCUT2D eigenvalue weighted by atomic mass is 32.1. The van der Waals surface area contributed by atoms with Crippen molar-refractivity contribution in [3.8, 4) is 0 Å². The van der Waals surface area contributed by atoms with Crippen LogP contribution in [0.5, 0.6) is 0 Å².